The highest BCUT2D eigenvalue weighted by Gasteiger charge is 2.23. The Bertz CT molecular complexity index is 1350. The van der Waals surface area contributed by atoms with Crippen molar-refractivity contribution in [2.24, 2.45) is 0 Å². The van der Waals surface area contributed by atoms with Gasteiger partial charge in [-0.05, 0) is 43.2 Å². The van der Waals surface area contributed by atoms with Crippen molar-refractivity contribution in [3.05, 3.63) is 84.2 Å². The van der Waals surface area contributed by atoms with Crippen molar-refractivity contribution in [3.63, 3.8) is 0 Å². The molecular weight excluding hydrogens is 467 g/mol. The van der Waals surface area contributed by atoms with Crippen molar-refractivity contribution in [1.82, 2.24) is 14.8 Å². The Morgan fingerprint density at radius 3 is 2.66 bits per heavy atom. The Morgan fingerprint density at radius 2 is 1.83 bits per heavy atom. The number of aryl methyl sites for hydroxylation is 1. The molecular formula is C26H23FN4O3S. The highest BCUT2D eigenvalue weighted by Crippen LogP contribution is 2.35. The first-order valence-corrected chi connectivity index (χ1v) is 12.1. The summed E-state index contributed by atoms with van der Waals surface area (Å²) in [6.45, 7) is 2.51. The van der Waals surface area contributed by atoms with Gasteiger partial charge in [-0.1, -0.05) is 54.2 Å². The van der Waals surface area contributed by atoms with E-state index >= 15 is 0 Å². The lowest BCUT2D eigenvalue weighted by Gasteiger charge is -2.14. The molecule has 0 fully saturated rings. The number of anilines is 1. The van der Waals surface area contributed by atoms with E-state index in [4.69, 9.17) is 9.47 Å². The molecule has 4 aromatic rings. The summed E-state index contributed by atoms with van der Waals surface area (Å²) in [7, 11) is 0. The van der Waals surface area contributed by atoms with E-state index in [9.17, 15) is 9.18 Å². The lowest BCUT2D eigenvalue weighted by atomic mass is 10.1. The van der Waals surface area contributed by atoms with Crippen LogP contribution in [0.2, 0.25) is 0 Å². The Labute approximate surface area is 206 Å². The Kier molecular flexibility index (Phi) is 6.67. The van der Waals surface area contributed by atoms with Crippen LogP contribution in [0.5, 0.6) is 11.5 Å². The first kappa shape index (κ1) is 22.9. The second-order valence-corrected chi connectivity index (χ2v) is 9.30. The van der Waals surface area contributed by atoms with E-state index in [1.165, 1.54) is 17.8 Å². The fourth-order valence-electron chi connectivity index (χ4n) is 3.73. The Balaban J connectivity index is 1.36. The molecule has 1 atom stereocenters. The third-order valence-corrected chi connectivity index (χ3v) is 6.67. The summed E-state index contributed by atoms with van der Waals surface area (Å²) >= 11 is 1.28. The summed E-state index contributed by atoms with van der Waals surface area (Å²) in [5.41, 5.74) is 2.13. The first-order chi connectivity index (χ1) is 17.1. The minimum absolute atomic E-state index is 0.169. The molecule has 1 aliphatic rings. The maximum atomic E-state index is 14.6. The smallest absolute Gasteiger partial charge is 0.237 e. The maximum Gasteiger partial charge on any atom is 0.237 e. The number of carbonyl (C=O) groups is 1. The zero-order chi connectivity index (χ0) is 24.2. The average molecular weight is 491 g/mol. The minimum atomic E-state index is -0.478. The molecule has 0 saturated carbocycles. The van der Waals surface area contributed by atoms with Crippen LogP contribution in [-0.2, 0) is 17.8 Å². The molecule has 1 amide bonds. The molecule has 0 spiro atoms. The van der Waals surface area contributed by atoms with Crippen LogP contribution in [0.3, 0.4) is 0 Å². The molecule has 0 aliphatic carbocycles. The van der Waals surface area contributed by atoms with Crippen LogP contribution in [0.4, 0.5) is 10.1 Å². The molecule has 5 rings (SSSR count). The van der Waals surface area contributed by atoms with Gasteiger partial charge in [0, 0.05) is 18.3 Å². The van der Waals surface area contributed by atoms with E-state index in [1.54, 1.807) is 43.3 Å². The number of thioether (sulfide) groups is 1. The van der Waals surface area contributed by atoms with Crippen LogP contribution in [0.25, 0.3) is 11.4 Å². The SMILES string of the molecule is C[C@@H](Sc1nnc(-c2ccccc2F)n1CCc1ccccc1)C(=O)Nc1ccc2c(c1)OCO2. The topological polar surface area (TPSA) is 78.3 Å². The number of halogens is 1. The van der Waals surface area contributed by atoms with Crippen molar-refractivity contribution in [1.29, 1.82) is 0 Å². The van der Waals surface area contributed by atoms with Gasteiger partial charge in [0.25, 0.3) is 0 Å². The molecule has 35 heavy (non-hydrogen) atoms. The second-order valence-electron chi connectivity index (χ2n) is 7.99. The van der Waals surface area contributed by atoms with E-state index in [1.807, 2.05) is 34.9 Å². The molecule has 1 N–H and O–H groups in total. The summed E-state index contributed by atoms with van der Waals surface area (Å²) < 4.78 is 27.2. The van der Waals surface area contributed by atoms with Gasteiger partial charge >= 0.3 is 0 Å². The molecule has 9 heteroatoms. The third kappa shape index (κ3) is 5.14. The monoisotopic (exact) mass is 490 g/mol. The largest absolute Gasteiger partial charge is 0.454 e. The molecule has 0 unspecified atom stereocenters. The number of benzene rings is 3. The molecule has 3 aromatic carbocycles. The lowest BCUT2D eigenvalue weighted by Crippen LogP contribution is -2.23. The summed E-state index contributed by atoms with van der Waals surface area (Å²) in [6.07, 6.45) is 0.714. The van der Waals surface area contributed by atoms with Gasteiger partial charge in [0.15, 0.2) is 22.5 Å². The maximum absolute atomic E-state index is 14.6. The fraction of sp³-hybridized carbons (Fsp3) is 0.192. The van der Waals surface area contributed by atoms with Crippen LogP contribution in [0.1, 0.15) is 12.5 Å². The van der Waals surface area contributed by atoms with Gasteiger partial charge in [0.05, 0.1) is 10.8 Å². The van der Waals surface area contributed by atoms with Crippen LogP contribution < -0.4 is 14.8 Å². The van der Waals surface area contributed by atoms with Crippen molar-refractivity contribution >= 4 is 23.4 Å². The summed E-state index contributed by atoms with van der Waals surface area (Å²) in [5, 5.41) is 11.6. The minimum Gasteiger partial charge on any atom is -0.454 e. The van der Waals surface area contributed by atoms with Crippen LogP contribution >= 0.6 is 11.8 Å². The predicted molar refractivity (Wildman–Crippen MR) is 132 cm³/mol. The number of hydrogen-bond donors (Lipinski definition) is 1. The number of carbonyl (C=O) groups excluding carboxylic acids is 1. The van der Waals surface area contributed by atoms with Gasteiger partial charge in [-0.2, -0.15) is 0 Å². The normalized spacial score (nSPS) is 13.0. The van der Waals surface area contributed by atoms with Crippen LogP contribution in [0.15, 0.2) is 78.0 Å². The highest BCUT2D eigenvalue weighted by atomic mass is 32.2. The van der Waals surface area contributed by atoms with Crippen molar-refractivity contribution in [2.45, 2.75) is 30.3 Å². The van der Waals surface area contributed by atoms with Crippen LogP contribution in [0, 0.1) is 5.82 Å². The van der Waals surface area contributed by atoms with Crippen LogP contribution in [-0.4, -0.2) is 32.7 Å². The van der Waals surface area contributed by atoms with Gasteiger partial charge in [0.2, 0.25) is 12.7 Å². The predicted octanol–water partition coefficient (Wildman–Crippen LogP) is 5.17. The third-order valence-electron chi connectivity index (χ3n) is 5.59. The number of rotatable bonds is 8. The molecule has 2 heterocycles. The number of hydrogen-bond acceptors (Lipinski definition) is 6. The molecule has 178 valence electrons. The Morgan fingerprint density at radius 1 is 1.06 bits per heavy atom. The number of ether oxygens (including phenoxy) is 2. The molecule has 1 aromatic heterocycles. The van der Waals surface area contributed by atoms with E-state index in [-0.39, 0.29) is 18.5 Å². The van der Waals surface area contributed by atoms with Gasteiger partial charge in [-0.15, -0.1) is 10.2 Å². The first-order valence-electron chi connectivity index (χ1n) is 11.2. The molecule has 0 bridgehead atoms. The van der Waals surface area contributed by atoms with Crippen molar-refractivity contribution < 1.29 is 18.7 Å². The molecule has 1 aliphatic heterocycles. The summed E-state index contributed by atoms with van der Waals surface area (Å²) in [5.74, 6) is 1.12. The average Bonchev–Trinajstić information content (AvgIpc) is 3.50. The molecule has 0 radical (unpaired) electrons. The van der Waals surface area contributed by atoms with E-state index in [0.717, 1.165) is 5.56 Å². The van der Waals surface area contributed by atoms with E-state index in [2.05, 4.69) is 15.5 Å². The second kappa shape index (κ2) is 10.2. The fourth-order valence-corrected chi connectivity index (χ4v) is 4.61. The highest BCUT2D eigenvalue weighted by molar-refractivity contribution is 8.00. The number of nitrogens with zero attached hydrogens (tertiary/aromatic N) is 3. The molecule has 0 saturated heterocycles. The van der Waals surface area contributed by atoms with E-state index in [0.29, 0.717) is 46.7 Å². The van der Waals surface area contributed by atoms with Crippen molar-refractivity contribution in [2.75, 3.05) is 12.1 Å². The zero-order valence-electron chi connectivity index (χ0n) is 19.0. The van der Waals surface area contributed by atoms with Gasteiger partial charge in [0.1, 0.15) is 5.82 Å². The van der Waals surface area contributed by atoms with Gasteiger partial charge in [-0.25, -0.2) is 4.39 Å². The number of fused-ring (bicyclic) bond motifs is 1. The summed E-state index contributed by atoms with van der Waals surface area (Å²) in [6, 6.07) is 21.8. The summed E-state index contributed by atoms with van der Waals surface area (Å²) in [4.78, 5) is 12.9. The quantitative estimate of drug-likeness (QED) is 0.343. The van der Waals surface area contributed by atoms with Crippen molar-refractivity contribution in [3.8, 4) is 22.9 Å². The number of aromatic nitrogens is 3. The Hall–Kier alpha value is -3.85. The van der Waals surface area contributed by atoms with Gasteiger partial charge in [-0.3, -0.25) is 4.79 Å². The van der Waals surface area contributed by atoms with Gasteiger partial charge < -0.3 is 19.4 Å². The number of nitrogens with one attached hydrogen (secondary N) is 1. The number of amides is 1. The zero-order valence-corrected chi connectivity index (χ0v) is 19.8. The van der Waals surface area contributed by atoms with E-state index < -0.39 is 5.25 Å². The standard InChI is InChI=1S/C26H23FN4O3S/c1-17(25(32)28-19-11-12-22-23(15-19)34-16-33-22)35-26-30-29-24(20-9-5-6-10-21(20)27)31(26)14-13-18-7-3-2-4-8-18/h2-12,15,17H,13-14,16H2,1H3,(H,28,32)/t17-/m1/s1. The molecule has 7 nitrogen and oxygen atoms in total. The lowest BCUT2D eigenvalue weighted by molar-refractivity contribution is -0.115.